The first-order valence-electron chi connectivity index (χ1n) is 6.11. The molecule has 112 valence electrons. The van der Waals surface area contributed by atoms with E-state index in [1.165, 1.54) is 19.2 Å². The van der Waals surface area contributed by atoms with E-state index in [0.29, 0.717) is 19.3 Å². The number of nitro groups is 2. The van der Waals surface area contributed by atoms with Crippen molar-refractivity contribution in [2.24, 2.45) is 5.10 Å². The van der Waals surface area contributed by atoms with Crippen molar-refractivity contribution in [1.29, 1.82) is 0 Å². The summed E-state index contributed by atoms with van der Waals surface area (Å²) in [5.74, 6) is 0.0855. The zero-order valence-electron chi connectivity index (χ0n) is 11.3. The highest BCUT2D eigenvalue weighted by molar-refractivity contribution is 5.75. The largest absolute Gasteiger partial charge is 0.301 e. The fraction of sp³-hybridized carbons (Fsp3) is 0.333. The van der Waals surface area contributed by atoms with Gasteiger partial charge in [-0.2, -0.15) is 5.10 Å². The number of hydrogen-bond donors (Lipinski definition) is 1. The minimum absolute atomic E-state index is 0.0633. The lowest BCUT2D eigenvalue weighted by Crippen LogP contribution is -1.98. The van der Waals surface area contributed by atoms with Gasteiger partial charge in [0.05, 0.1) is 15.9 Å². The van der Waals surface area contributed by atoms with E-state index in [0.717, 1.165) is 12.1 Å². The lowest BCUT2D eigenvalue weighted by Gasteiger charge is -2.01. The van der Waals surface area contributed by atoms with Crippen molar-refractivity contribution >= 4 is 29.1 Å². The van der Waals surface area contributed by atoms with Crippen molar-refractivity contribution in [3.05, 3.63) is 38.4 Å². The van der Waals surface area contributed by atoms with E-state index < -0.39 is 15.5 Å². The Hall–Kier alpha value is -2.84. The summed E-state index contributed by atoms with van der Waals surface area (Å²) in [6, 6.07) is 3.25. The van der Waals surface area contributed by atoms with E-state index in [1.54, 1.807) is 0 Å². The van der Waals surface area contributed by atoms with Crippen LogP contribution in [0.2, 0.25) is 0 Å². The summed E-state index contributed by atoms with van der Waals surface area (Å²) in [4.78, 5) is 30.7. The number of carbonyl (C=O) groups is 1. The fourth-order valence-electron chi connectivity index (χ4n) is 1.50. The number of nitrogens with zero attached hydrogens (tertiary/aromatic N) is 3. The molecule has 0 unspecified atom stereocenters. The van der Waals surface area contributed by atoms with Crippen molar-refractivity contribution in [1.82, 2.24) is 0 Å². The third-order valence-electron chi connectivity index (χ3n) is 2.53. The van der Waals surface area contributed by atoms with Gasteiger partial charge in [0.25, 0.3) is 5.69 Å². The van der Waals surface area contributed by atoms with E-state index >= 15 is 0 Å². The maximum absolute atomic E-state index is 10.9. The molecule has 1 rings (SSSR count). The van der Waals surface area contributed by atoms with E-state index in [-0.39, 0.29) is 17.2 Å². The molecule has 0 heterocycles. The van der Waals surface area contributed by atoms with Crippen LogP contribution in [0, 0.1) is 20.2 Å². The van der Waals surface area contributed by atoms with E-state index in [1.807, 2.05) is 0 Å². The number of unbranched alkanes of at least 4 members (excludes halogenated alkanes) is 1. The summed E-state index contributed by atoms with van der Waals surface area (Å²) >= 11 is 0. The molecule has 0 saturated carbocycles. The van der Waals surface area contributed by atoms with Gasteiger partial charge in [-0.3, -0.25) is 25.7 Å². The molecule has 0 aliphatic rings. The van der Waals surface area contributed by atoms with Crippen LogP contribution >= 0.6 is 0 Å². The Morgan fingerprint density at radius 3 is 2.62 bits per heavy atom. The van der Waals surface area contributed by atoms with E-state index in [9.17, 15) is 25.0 Å². The molecule has 9 heteroatoms. The number of hydrogen-bond acceptors (Lipinski definition) is 7. The molecule has 0 aliphatic carbocycles. The predicted octanol–water partition coefficient (Wildman–Crippen LogP) is 2.66. The first-order chi connectivity index (χ1) is 9.91. The number of non-ortho nitro benzene ring substituents is 1. The molecule has 0 amide bonds. The minimum atomic E-state index is -0.722. The standard InChI is InChI=1S/C12H14N4O5/c1-9(17)4-2-3-7-13-14-11-6-5-10(15(18)19)8-12(11)16(20)21/h5-8,14H,2-4H2,1H3. The quantitative estimate of drug-likeness (QED) is 0.339. The molecule has 1 aromatic carbocycles. The molecule has 0 saturated heterocycles. The van der Waals surface area contributed by atoms with Crippen LogP contribution in [-0.2, 0) is 4.79 Å². The minimum Gasteiger partial charge on any atom is -0.300 e. The summed E-state index contributed by atoms with van der Waals surface area (Å²) in [5, 5.41) is 25.2. The monoisotopic (exact) mass is 294 g/mol. The highest BCUT2D eigenvalue weighted by atomic mass is 16.6. The normalized spacial score (nSPS) is 10.5. The Kier molecular flexibility index (Phi) is 5.93. The highest BCUT2D eigenvalue weighted by Gasteiger charge is 2.18. The smallest absolute Gasteiger partial charge is 0.300 e. The average molecular weight is 294 g/mol. The van der Waals surface area contributed by atoms with Crippen LogP contribution in [-0.4, -0.2) is 21.8 Å². The van der Waals surface area contributed by atoms with Gasteiger partial charge in [-0.15, -0.1) is 0 Å². The number of Topliss-reactive ketones (excluding diaryl/α,β-unsaturated/α-hetero) is 1. The molecule has 1 aromatic rings. The van der Waals surface area contributed by atoms with Crippen molar-refractivity contribution in [3.63, 3.8) is 0 Å². The fourth-order valence-corrected chi connectivity index (χ4v) is 1.50. The van der Waals surface area contributed by atoms with Gasteiger partial charge in [-0.1, -0.05) is 0 Å². The maximum Gasteiger partial charge on any atom is 0.301 e. The SMILES string of the molecule is CC(=O)CCCC=NNc1ccc([N+](=O)[O-])cc1[N+](=O)[O-]. The second-order valence-corrected chi connectivity index (χ2v) is 4.23. The van der Waals surface area contributed by atoms with Crippen LogP contribution in [0.1, 0.15) is 26.2 Å². The Morgan fingerprint density at radius 2 is 2.05 bits per heavy atom. The van der Waals surface area contributed by atoms with Crippen LogP contribution in [0.3, 0.4) is 0 Å². The number of anilines is 1. The Bertz CT molecular complexity index is 585. The van der Waals surface area contributed by atoms with Gasteiger partial charge in [-0.25, -0.2) is 0 Å². The number of ketones is 1. The lowest BCUT2D eigenvalue weighted by atomic mass is 10.2. The number of rotatable bonds is 8. The summed E-state index contributed by atoms with van der Waals surface area (Å²) < 4.78 is 0. The van der Waals surface area contributed by atoms with E-state index in [4.69, 9.17) is 0 Å². The van der Waals surface area contributed by atoms with Gasteiger partial charge in [0.15, 0.2) is 0 Å². The first kappa shape index (κ1) is 16.2. The molecular formula is C12H14N4O5. The van der Waals surface area contributed by atoms with Gasteiger partial charge >= 0.3 is 5.69 Å². The third-order valence-corrected chi connectivity index (χ3v) is 2.53. The van der Waals surface area contributed by atoms with Gasteiger partial charge in [0, 0.05) is 18.7 Å². The first-order valence-corrected chi connectivity index (χ1v) is 6.11. The summed E-state index contributed by atoms with van der Waals surface area (Å²) in [6.45, 7) is 1.50. The lowest BCUT2D eigenvalue weighted by molar-refractivity contribution is -0.393. The molecule has 0 radical (unpaired) electrons. The summed E-state index contributed by atoms with van der Waals surface area (Å²) in [5.41, 5.74) is 1.74. The second-order valence-electron chi connectivity index (χ2n) is 4.23. The number of benzene rings is 1. The zero-order chi connectivity index (χ0) is 15.8. The van der Waals surface area contributed by atoms with Crippen molar-refractivity contribution in [2.45, 2.75) is 26.2 Å². The number of nitrogens with one attached hydrogen (secondary N) is 1. The molecule has 0 aromatic heterocycles. The van der Waals surface area contributed by atoms with Crippen molar-refractivity contribution < 1.29 is 14.6 Å². The Morgan fingerprint density at radius 1 is 1.33 bits per heavy atom. The molecule has 0 aliphatic heterocycles. The molecule has 0 spiro atoms. The topological polar surface area (TPSA) is 128 Å². The van der Waals surface area contributed by atoms with Crippen molar-refractivity contribution in [2.75, 3.05) is 5.43 Å². The van der Waals surface area contributed by atoms with Gasteiger partial charge < -0.3 is 4.79 Å². The molecule has 21 heavy (non-hydrogen) atoms. The number of carbonyl (C=O) groups excluding carboxylic acids is 1. The Labute approximate surface area is 120 Å². The summed E-state index contributed by atoms with van der Waals surface area (Å²) in [7, 11) is 0. The van der Waals surface area contributed by atoms with Crippen LogP contribution in [0.25, 0.3) is 0 Å². The number of hydrazone groups is 1. The van der Waals surface area contributed by atoms with Gasteiger partial charge in [0.1, 0.15) is 11.5 Å². The third kappa shape index (κ3) is 5.35. The number of nitro benzene ring substituents is 2. The summed E-state index contributed by atoms with van der Waals surface area (Å²) in [6.07, 6.45) is 3.13. The van der Waals surface area contributed by atoms with Crippen LogP contribution in [0.4, 0.5) is 17.1 Å². The second kappa shape index (κ2) is 7.68. The van der Waals surface area contributed by atoms with Crippen LogP contribution in [0.5, 0.6) is 0 Å². The zero-order valence-corrected chi connectivity index (χ0v) is 11.3. The van der Waals surface area contributed by atoms with Gasteiger partial charge in [0.2, 0.25) is 0 Å². The predicted molar refractivity (Wildman–Crippen MR) is 76.4 cm³/mol. The maximum atomic E-state index is 10.9. The average Bonchev–Trinajstić information content (AvgIpc) is 2.42. The molecule has 9 nitrogen and oxygen atoms in total. The molecule has 0 bridgehead atoms. The molecular weight excluding hydrogens is 280 g/mol. The molecule has 0 atom stereocenters. The highest BCUT2D eigenvalue weighted by Crippen LogP contribution is 2.28. The van der Waals surface area contributed by atoms with Gasteiger partial charge in [-0.05, 0) is 25.8 Å². The Balaban J connectivity index is 2.70. The molecule has 1 N–H and O–H groups in total. The van der Waals surface area contributed by atoms with Crippen LogP contribution < -0.4 is 5.43 Å². The van der Waals surface area contributed by atoms with Crippen molar-refractivity contribution in [3.8, 4) is 0 Å². The molecule has 0 fully saturated rings. The van der Waals surface area contributed by atoms with Crippen LogP contribution in [0.15, 0.2) is 23.3 Å². The van der Waals surface area contributed by atoms with E-state index in [2.05, 4.69) is 10.5 Å².